The minimum Gasteiger partial charge on any atom is -1.00 e. The number of rotatable bonds is 3. The molecule has 0 saturated carbocycles. The van der Waals surface area contributed by atoms with Gasteiger partial charge in [-0.15, -0.1) is 0 Å². The first kappa shape index (κ1) is 20.7. The summed E-state index contributed by atoms with van der Waals surface area (Å²) in [5.74, 6) is 0. The smallest absolute Gasteiger partial charge is 1.00 e. The Labute approximate surface area is 167 Å². The number of anilines is 1. The van der Waals surface area contributed by atoms with Crippen molar-refractivity contribution in [3.05, 3.63) is 53.6 Å². The molecule has 1 atom stereocenters. The molecular weight excluding hydrogens is 404 g/mol. The molecule has 1 aliphatic carbocycles. The molecule has 121 valence electrons. The topological polar surface area (TPSA) is 3.24 Å². The Morgan fingerprint density at radius 1 is 0.826 bits per heavy atom. The summed E-state index contributed by atoms with van der Waals surface area (Å²) in [5.41, 5.74) is 7.24. The van der Waals surface area contributed by atoms with Gasteiger partial charge in [-0.1, -0.05) is 0 Å². The van der Waals surface area contributed by atoms with E-state index >= 15 is 0 Å². The maximum absolute atomic E-state index is 2.51. The summed E-state index contributed by atoms with van der Waals surface area (Å²) in [5, 5.41) is 0. The standard InChI is InChI=1S/C19H22N.2ClH.Zr/c1-13(2)20(14(3)4)17-9-10-19-16(12-17)11-15-7-5-6-8-18(15)19;;;/h5-14H,1-4H3;2*1H;/q;;;+2/p-2. The first-order valence-corrected chi connectivity index (χ1v) is 9.15. The Morgan fingerprint density at radius 2 is 1.39 bits per heavy atom. The van der Waals surface area contributed by atoms with Crippen LogP contribution in [0.2, 0.25) is 0 Å². The van der Waals surface area contributed by atoms with Gasteiger partial charge >= 0.3 is 143 Å². The molecule has 4 heteroatoms. The van der Waals surface area contributed by atoms with Crippen molar-refractivity contribution in [2.45, 2.75) is 43.4 Å². The Bertz CT molecular complexity index is 662. The summed E-state index contributed by atoms with van der Waals surface area (Å²) >= 11 is 1.58. The first-order valence-electron chi connectivity index (χ1n) is 7.73. The van der Waals surface area contributed by atoms with E-state index in [1.165, 1.54) is 27.9 Å². The van der Waals surface area contributed by atoms with Crippen LogP contribution in [0.15, 0.2) is 42.5 Å². The van der Waals surface area contributed by atoms with Crippen LogP contribution < -0.4 is 29.7 Å². The van der Waals surface area contributed by atoms with Gasteiger partial charge in [-0.3, -0.25) is 0 Å². The van der Waals surface area contributed by atoms with Crippen LogP contribution in [-0.2, 0) is 24.7 Å². The molecule has 2 aromatic rings. The molecule has 1 unspecified atom stereocenters. The number of hydrogen-bond acceptors (Lipinski definition) is 1. The second-order valence-electron chi connectivity index (χ2n) is 6.39. The minimum absolute atomic E-state index is 0. The van der Waals surface area contributed by atoms with Gasteiger partial charge in [0.05, 0.1) is 0 Å². The Morgan fingerprint density at radius 3 is 2.00 bits per heavy atom. The maximum atomic E-state index is 2.51. The van der Waals surface area contributed by atoms with Crippen molar-refractivity contribution in [2.24, 2.45) is 0 Å². The molecule has 1 aliphatic rings. The third kappa shape index (κ3) is 3.70. The fraction of sp³-hybridized carbons (Fsp3) is 0.368. The molecule has 0 bridgehead atoms. The van der Waals surface area contributed by atoms with Crippen LogP contribution >= 0.6 is 0 Å². The first-order chi connectivity index (χ1) is 10.0. The predicted molar refractivity (Wildman–Crippen MR) is 86.5 cm³/mol. The molecule has 0 spiro atoms. The molecule has 0 heterocycles. The van der Waals surface area contributed by atoms with Crippen LogP contribution in [0.3, 0.4) is 0 Å². The van der Waals surface area contributed by atoms with Gasteiger partial charge in [0.1, 0.15) is 0 Å². The summed E-state index contributed by atoms with van der Waals surface area (Å²) < 4.78 is 0.588. The van der Waals surface area contributed by atoms with Gasteiger partial charge in [0, 0.05) is 0 Å². The van der Waals surface area contributed by atoms with Crippen molar-refractivity contribution in [2.75, 3.05) is 4.90 Å². The quantitative estimate of drug-likeness (QED) is 0.605. The second kappa shape index (κ2) is 8.19. The molecule has 0 saturated heterocycles. The van der Waals surface area contributed by atoms with Crippen molar-refractivity contribution >= 4 is 5.69 Å². The van der Waals surface area contributed by atoms with Crippen LogP contribution in [0.5, 0.6) is 0 Å². The number of halogens is 2. The minimum atomic E-state index is 0. The van der Waals surface area contributed by atoms with E-state index < -0.39 is 0 Å². The van der Waals surface area contributed by atoms with E-state index in [4.69, 9.17) is 0 Å². The zero-order chi connectivity index (χ0) is 15.1. The van der Waals surface area contributed by atoms with Crippen molar-refractivity contribution in [3.8, 4) is 11.1 Å². The zero-order valence-electron chi connectivity index (χ0n) is 14.0. The van der Waals surface area contributed by atoms with Crippen molar-refractivity contribution in [3.63, 3.8) is 0 Å². The van der Waals surface area contributed by atoms with Gasteiger partial charge in [-0.25, -0.2) is 0 Å². The van der Waals surface area contributed by atoms with Gasteiger partial charge in [-0.2, -0.15) is 0 Å². The van der Waals surface area contributed by atoms with Crippen LogP contribution in [0.4, 0.5) is 5.69 Å². The van der Waals surface area contributed by atoms with Crippen LogP contribution in [0.25, 0.3) is 11.1 Å². The molecule has 23 heavy (non-hydrogen) atoms. The van der Waals surface area contributed by atoms with Crippen LogP contribution in [0, 0.1) is 0 Å². The molecule has 3 rings (SSSR count). The van der Waals surface area contributed by atoms with E-state index in [1.54, 1.807) is 24.7 Å². The second-order valence-corrected chi connectivity index (χ2v) is 7.81. The molecule has 0 aromatic heterocycles. The Kier molecular flexibility index (Phi) is 7.39. The monoisotopic (exact) mass is 424 g/mol. The van der Waals surface area contributed by atoms with E-state index in [0.717, 1.165) is 0 Å². The van der Waals surface area contributed by atoms with Crippen molar-refractivity contribution in [1.82, 2.24) is 0 Å². The molecule has 0 fully saturated rings. The van der Waals surface area contributed by atoms with Crippen molar-refractivity contribution < 1.29 is 49.5 Å². The Hall–Kier alpha value is -0.297. The number of nitrogens with zero attached hydrogens (tertiary/aromatic N) is 1. The third-order valence-electron chi connectivity index (χ3n) is 4.32. The van der Waals surface area contributed by atoms with Gasteiger partial charge in [0.2, 0.25) is 0 Å². The molecule has 2 aromatic carbocycles. The fourth-order valence-electron chi connectivity index (χ4n) is 3.55. The fourth-order valence-corrected chi connectivity index (χ4v) is 4.75. The summed E-state index contributed by atoms with van der Waals surface area (Å²) in [4.78, 5) is 2.51. The Balaban J connectivity index is 0.00000132. The van der Waals surface area contributed by atoms with E-state index in [9.17, 15) is 0 Å². The molecule has 0 aliphatic heterocycles. The van der Waals surface area contributed by atoms with Crippen molar-refractivity contribution in [1.29, 1.82) is 0 Å². The largest absolute Gasteiger partial charge is 1.00 e. The molecule has 1 nitrogen and oxygen atoms in total. The summed E-state index contributed by atoms with van der Waals surface area (Å²) in [6, 6.07) is 17.0. The SMILES string of the molecule is CC(C)N(c1ccc2c(c1)[CH]([Zr+2])c1ccccc1-2)C(C)C.[Cl-].[Cl-]. The molecule has 0 radical (unpaired) electrons. The van der Waals surface area contributed by atoms with E-state index in [1.807, 2.05) is 0 Å². The number of hydrogen-bond donors (Lipinski definition) is 0. The zero-order valence-corrected chi connectivity index (χ0v) is 17.9. The average Bonchev–Trinajstić information content (AvgIpc) is 2.72. The van der Waals surface area contributed by atoms with Gasteiger partial charge in [0.15, 0.2) is 0 Å². The number of fused-ring (bicyclic) bond motifs is 3. The van der Waals surface area contributed by atoms with Gasteiger partial charge in [-0.05, 0) is 0 Å². The van der Waals surface area contributed by atoms with Gasteiger partial charge < -0.3 is 24.8 Å². The predicted octanol–water partition coefficient (Wildman–Crippen LogP) is -1.07. The average molecular weight is 427 g/mol. The van der Waals surface area contributed by atoms with Crippen LogP contribution in [0.1, 0.15) is 42.4 Å². The van der Waals surface area contributed by atoms with Gasteiger partial charge in [0.25, 0.3) is 0 Å². The van der Waals surface area contributed by atoms with Crippen LogP contribution in [-0.4, -0.2) is 12.1 Å². The van der Waals surface area contributed by atoms with E-state index in [2.05, 4.69) is 75.1 Å². The molecule has 0 amide bonds. The summed E-state index contributed by atoms with van der Waals surface area (Å²) in [6.07, 6.45) is 0. The van der Waals surface area contributed by atoms with E-state index in [-0.39, 0.29) is 24.8 Å². The summed E-state index contributed by atoms with van der Waals surface area (Å²) in [7, 11) is 0. The van der Waals surface area contributed by atoms with E-state index in [0.29, 0.717) is 15.7 Å². The molecule has 0 N–H and O–H groups in total. The number of benzene rings is 2. The normalized spacial score (nSPS) is 14.9. The maximum Gasteiger partial charge on any atom is -1.00 e. The third-order valence-corrected chi connectivity index (χ3v) is 5.85. The summed E-state index contributed by atoms with van der Waals surface area (Å²) in [6.45, 7) is 9.10. The molecular formula is C19H22Cl2NZr.